The van der Waals surface area contributed by atoms with Crippen molar-refractivity contribution in [3.63, 3.8) is 0 Å². The number of nitrogens with zero attached hydrogens (tertiary/aromatic N) is 1. The third-order valence-corrected chi connectivity index (χ3v) is 4.17. The highest BCUT2D eigenvalue weighted by molar-refractivity contribution is 5.47. The smallest absolute Gasteiger partial charge is 0.115 e. The van der Waals surface area contributed by atoms with E-state index in [2.05, 4.69) is 6.07 Å². The van der Waals surface area contributed by atoms with Gasteiger partial charge in [0.25, 0.3) is 0 Å². The van der Waals surface area contributed by atoms with Gasteiger partial charge in [-0.3, -0.25) is 0 Å². The van der Waals surface area contributed by atoms with Gasteiger partial charge in [-0.05, 0) is 48.9 Å². The van der Waals surface area contributed by atoms with Gasteiger partial charge in [0.15, 0.2) is 0 Å². The van der Waals surface area contributed by atoms with Crippen molar-refractivity contribution in [2.24, 2.45) is 5.92 Å². The first-order chi connectivity index (χ1) is 7.26. The Kier molecular flexibility index (Phi) is 1.62. The molecule has 15 heavy (non-hydrogen) atoms. The van der Waals surface area contributed by atoms with Crippen molar-refractivity contribution in [1.82, 2.24) is 0 Å². The van der Waals surface area contributed by atoms with Crippen LogP contribution in [0.25, 0.3) is 0 Å². The quantitative estimate of drug-likeness (QED) is 0.697. The Morgan fingerprint density at radius 1 is 1.40 bits per heavy atom. The molecule has 1 saturated carbocycles. The Hall–Kier alpha value is -1.49. The van der Waals surface area contributed by atoms with E-state index in [1.807, 2.05) is 12.1 Å². The minimum atomic E-state index is 0.0861. The van der Waals surface area contributed by atoms with Gasteiger partial charge in [0, 0.05) is 5.41 Å². The van der Waals surface area contributed by atoms with E-state index in [9.17, 15) is 5.11 Å². The second kappa shape index (κ2) is 2.76. The van der Waals surface area contributed by atoms with Crippen LogP contribution >= 0.6 is 0 Å². The molecule has 1 aromatic rings. The summed E-state index contributed by atoms with van der Waals surface area (Å²) in [5.41, 5.74) is 2.65. The van der Waals surface area contributed by atoms with Crippen molar-refractivity contribution in [3.8, 4) is 11.8 Å². The van der Waals surface area contributed by atoms with Crippen LogP contribution in [-0.2, 0) is 11.8 Å². The maximum atomic E-state index is 9.52. The van der Waals surface area contributed by atoms with Crippen molar-refractivity contribution in [2.75, 3.05) is 0 Å². The number of aryl methyl sites for hydroxylation is 1. The normalized spacial score (nSPS) is 32.1. The van der Waals surface area contributed by atoms with Crippen LogP contribution < -0.4 is 0 Å². The Morgan fingerprint density at radius 3 is 2.93 bits per heavy atom. The van der Waals surface area contributed by atoms with Crippen LogP contribution in [0.1, 0.15) is 30.4 Å². The van der Waals surface area contributed by atoms with Crippen molar-refractivity contribution in [1.29, 1.82) is 5.26 Å². The maximum Gasteiger partial charge on any atom is 0.115 e. The molecule has 2 atom stereocenters. The molecule has 0 saturated heterocycles. The number of hydrogen-bond acceptors (Lipinski definition) is 2. The summed E-state index contributed by atoms with van der Waals surface area (Å²) in [6, 6.07) is 8.03. The lowest BCUT2D eigenvalue weighted by Gasteiger charge is -2.44. The molecule has 2 aliphatic rings. The summed E-state index contributed by atoms with van der Waals surface area (Å²) in [4.78, 5) is 0. The largest absolute Gasteiger partial charge is 0.508 e. The van der Waals surface area contributed by atoms with Crippen LogP contribution in [0.2, 0.25) is 0 Å². The molecule has 76 valence electrons. The maximum absolute atomic E-state index is 9.52. The summed E-state index contributed by atoms with van der Waals surface area (Å²) in [6.07, 6.45) is 4.28. The second-order valence-electron chi connectivity index (χ2n) is 4.72. The topological polar surface area (TPSA) is 44.0 Å². The number of aromatic hydroxyl groups is 1. The number of rotatable bonds is 0. The number of fused-ring (bicyclic) bond motifs is 2. The van der Waals surface area contributed by atoms with E-state index >= 15 is 0 Å². The van der Waals surface area contributed by atoms with Crippen molar-refractivity contribution < 1.29 is 5.11 Å². The monoisotopic (exact) mass is 199 g/mol. The van der Waals surface area contributed by atoms with Gasteiger partial charge in [0.1, 0.15) is 5.75 Å². The van der Waals surface area contributed by atoms with E-state index in [1.54, 1.807) is 6.07 Å². The number of nitriles is 1. The van der Waals surface area contributed by atoms with Gasteiger partial charge in [-0.25, -0.2) is 0 Å². The van der Waals surface area contributed by atoms with Crippen LogP contribution in [-0.4, -0.2) is 5.11 Å². The fourth-order valence-corrected chi connectivity index (χ4v) is 3.19. The molecule has 1 spiro atoms. The number of hydrogen-bond donors (Lipinski definition) is 1. The molecule has 0 heterocycles. The second-order valence-corrected chi connectivity index (χ2v) is 4.72. The van der Waals surface area contributed by atoms with Crippen LogP contribution in [0, 0.1) is 17.2 Å². The minimum absolute atomic E-state index is 0.0861. The fraction of sp³-hybridized carbons (Fsp3) is 0.462. The summed E-state index contributed by atoms with van der Waals surface area (Å²) in [6.45, 7) is 0. The van der Waals surface area contributed by atoms with E-state index in [-0.39, 0.29) is 11.3 Å². The van der Waals surface area contributed by atoms with Gasteiger partial charge in [-0.2, -0.15) is 5.26 Å². The van der Waals surface area contributed by atoms with E-state index < -0.39 is 0 Å². The molecule has 2 heteroatoms. The van der Waals surface area contributed by atoms with Crippen molar-refractivity contribution >= 4 is 0 Å². The molecule has 0 amide bonds. The molecule has 0 aromatic heterocycles. The zero-order valence-corrected chi connectivity index (χ0v) is 8.53. The molecule has 2 aliphatic carbocycles. The number of benzene rings is 1. The van der Waals surface area contributed by atoms with Gasteiger partial charge in [0.05, 0.1) is 12.0 Å². The van der Waals surface area contributed by atoms with E-state index in [4.69, 9.17) is 5.26 Å². The molecule has 1 N–H and O–H groups in total. The van der Waals surface area contributed by atoms with Gasteiger partial charge >= 0.3 is 0 Å². The molecule has 1 aromatic carbocycles. The molecule has 0 radical (unpaired) electrons. The zero-order chi connectivity index (χ0) is 10.5. The summed E-state index contributed by atoms with van der Waals surface area (Å²) in [5, 5.41) is 18.6. The lowest BCUT2D eigenvalue weighted by molar-refractivity contribution is 0.171. The lowest BCUT2D eigenvalue weighted by atomic mass is 9.58. The number of phenolic OH excluding ortho intramolecular Hbond substituents is 1. The number of phenols is 1. The average Bonchev–Trinajstić information content (AvgIpc) is 2.57. The Bertz CT molecular complexity index is 460. The highest BCUT2D eigenvalue weighted by atomic mass is 16.3. The summed E-state index contributed by atoms with van der Waals surface area (Å²) >= 11 is 0. The lowest BCUT2D eigenvalue weighted by Crippen LogP contribution is -2.41. The predicted octanol–water partition coefficient (Wildman–Crippen LogP) is 2.51. The van der Waals surface area contributed by atoms with Crippen LogP contribution in [0.3, 0.4) is 0 Å². The van der Waals surface area contributed by atoms with Crippen molar-refractivity contribution in [2.45, 2.75) is 31.1 Å². The van der Waals surface area contributed by atoms with Gasteiger partial charge in [-0.1, -0.05) is 6.07 Å². The molecular formula is C13H13NO. The molecular weight excluding hydrogens is 186 g/mol. The summed E-state index contributed by atoms with van der Waals surface area (Å²) in [7, 11) is 0. The van der Waals surface area contributed by atoms with E-state index in [1.165, 1.54) is 11.1 Å². The SMILES string of the molecule is N#C[C@@H]1CC[C@]12CCc1ccc(O)cc12. The first-order valence-electron chi connectivity index (χ1n) is 5.48. The fourth-order valence-electron chi connectivity index (χ4n) is 3.19. The van der Waals surface area contributed by atoms with E-state index in [0.29, 0.717) is 5.75 Å². The standard InChI is InChI=1S/C13H13NO/c14-8-10-4-6-13(10)5-3-9-1-2-11(15)7-12(9)13/h1-2,7,10,15H,3-6H2/t10-,13+/m0/s1. The third-order valence-electron chi connectivity index (χ3n) is 4.17. The molecule has 2 nitrogen and oxygen atoms in total. The Morgan fingerprint density at radius 2 is 2.27 bits per heavy atom. The molecule has 0 aliphatic heterocycles. The summed E-state index contributed by atoms with van der Waals surface area (Å²) < 4.78 is 0. The third kappa shape index (κ3) is 0.982. The predicted molar refractivity (Wildman–Crippen MR) is 56.4 cm³/mol. The Balaban J connectivity index is 2.12. The molecule has 3 rings (SSSR count). The molecule has 0 unspecified atom stereocenters. The highest BCUT2D eigenvalue weighted by Gasteiger charge is 2.51. The zero-order valence-electron chi connectivity index (χ0n) is 8.53. The highest BCUT2D eigenvalue weighted by Crippen LogP contribution is 2.56. The average molecular weight is 199 g/mol. The van der Waals surface area contributed by atoms with Crippen LogP contribution in [0.4, 0.5) is 0 Å². The van der Waals surface area contributed by atoms with Gasteiger partial charge < -0.3 is 5.11 Å². The summed E-state index contributed by atoms with van der Waals surface area (Å²) in [5.74, 6) is 0.499. The minimum Gasteiger partial charge on any atom is -0.508 e. The Labute approximate surface area is 89.2 Å². The first-order valence-corrected chi connectivity index (χ1v) is 5.48. The van der Waals surface area contributed by atoms with Crippen LogP contribution in [0.5, 0.6) is 5.75 Å². The van der Waals surface area contributed by atoms with Crippen LogP contribution in [0.15, 0.2) is 18.2 Å². The van der Waals surface area contributed by atoms with Gasteiger partial charge in [-0.15, -0.1) is 0 Å². The molecule has 0 bridgehead atoms. The van der Waals surface area contributed by atoms with Gasteiger partial charge in [0.2, 0.25) is 0 Å². The van der Waals surface area contributed by atoms with Crippen molar-refractivity contribution in [3.05, 3.63) is 29.3 Å². The molecule has 1 fully saturated rings. The first kappa shape index (κ1) is 8.79. The van der Waals surface area contributed by atoms with E-state index in [0.717, 1.165) is 25.7 Å².